The summed E-state index contributed by atoms with van der Waals surface area (Å²) >= 11 is 0. The van der Waals surface area contributed by atoms with Crippen molar-refractivity contribution in [3.63, 3.8) is 0 Å². The third-order valence-electron chi connectivity index (χ3n) is 4.77. The first-order valence-corrected chi connectivity index (χ1v) is 8.87. The lowest BCUT2D eigenvalue weighted by Crippen LogP contribution is -2.49. The second kappa shape index (κ2) is 8.16. The molecule has 6 heteroatoms. The van der Waals surface area contributed by atoms with Crippen LogP contribution in [0.1, 0.15) is 23.1 Å². The molecule has 3 rings (SSSR count). The molecule has 6 nitrogen and oxygen atoms in total. The van der Waals surface area contributed by atoms with E-state index < -0.39 is 0 Å². The third-order valence-corrected chi connectivity index (χ3v) is 4.77. The molecule has 2 heterocycles. The van der Waals surface area contributed by atoms with E-state index in [1.807, 2.05) is 41.6 Å². The SMILES string of the molecule is CCc1nccn1CCN1CCN(C(=O)c2ccccc2OC)CC1. The maximum Gasteiger partial charge on any atom is 0.257 e. The number of amides is 1. The predicted octanol–water partition coefficient (Wildman–Crippen LogP) is 1.91. The summed E-state index contributed by atoms with van der Waals surface area (Å²) in [5.41, 5.74) is 0.643. The van der Waals surface area contributed by atoms with Crippen LogP contribution in [0.2, 0.25) is 0 Å². The van der Waals surface area contributed by atoms with Crippen LogP contribution in [0.4, 0.5) is 0 Å². The van der Waals surface area contributed by atoms with Gasteiger partial charge in [0, 0.05) is 58.1 Å². The highest BCUT2D eigenvalue weighted by Gasteiger charge is 2.23. The highest BCUT2D eigenvalue weighted by atomic mass is 16.5. The smallest absolute Gasteiger partial charge is 0.257 e. The maximum atomic E-state index is 12.7. The van der Waals surface area contributed by atoms with Gasteiger partial charge in [0.25, 0.3) is 5.91 Å². The molecule has 1 aliphatic heterocycles. The van der Waals surface area contributed by atoms with Gasteiger partial charge in [-0.2, -0.15) is 0 Å². The van der Waals surface area contributed by atoms with Crippen molar-refractivity contribution < 1.29 is 9.53 Å². The summed E-state index contributed by atoms with van der Waals surface area (Å²) in [6.07, 6.45) is 4.86. The number of hydrogen-bond acceptors (Lipinski definition) is 4. The molecule has 0 atom stereocenters. The van der Waals surface area contributed by atoms with Crippen LogP contribution in [0.5, 0.6) is 5.75 Å². The number of aromatic nitrogens is 2. The molecular weight excluding hydrogens is 316 g/mol. The molecule has 1 aliphatic rings. The fraction of sp³-hybridized carbons (Fsp3) is 0.474. The summed E-state index contributed by atoms with van der Waals surface area (Å²) in [5, 5.41) is 0. The molecule has 134 valence electrons. The summed E-state index contributed by atoms with van der Waals surface area (Å²) in [6, 6.07) is 7.43. The van der Waals surface area contributed by atoms with Gasteiger partial charge in [-0.15, -0.1) is 0 Å². The van der Waals surface area contributed by atoms with Gasteiger partial charge in [-0.25, -0.2) is 4.98 Å². The van der Waals surface area contributed by atoms with E-state index in [1.54, 1.807) is 7.11 Å². The van der Waals surface area contributed by atoms with Gasteiger partial charge in [-0.3, -0.25) is 9.69 Å². The number of benzene rings is 1. The topological polar surface area (TPSA) is 50.6 Å². The largest absolute Gasteiger partial charge is 0.496 e. The number of ether oxygens (including phenoxy) is 1. The van der Waals surface area contributed by atoms with Crippen molar-refractivity contribution in [2.24, 2.45) is 0 Å². The van der Waals surface area contributed by atoms with E-state index in [2.05, 4.69) is 21.4 Å². The van der Waals surface area contributed by atoms with Crippen molar-refractivity contribution in [1.82, 2.24) is 19.4 Å². The first kappa shape index (κ1) is 17.5. The number of nitrogens with zero attached hydrogens (tertiary/aromatic N) is 4. The molecule has 0 unspecified atom stereocenters. The van der Waals surface area contributed by atoms with E-state index in [-0.39, 0.29) is 5.91 Å². The van der Waals surface area contributed by atoms with Crippen LogP contribution >= 0.6 is 0 Å². The molecule has 1 saturated heterocycles. The Labute approximate surface area is 149 Å². The molecule has 0 spiro atoms. The zero-order valence-electron chi connectivity index (χ0n) is 15.0. The molecule has 0 bridgehead atoms. The number of imidazole rings is 1. The van der Waals surface area contributed by atoms with Crippen LogP contribution in [0.15, 0.2) is 36.7 Å². The highest BCUT2D eigenvalue weighted by molar-refractivity contribution is 5.97. The average Bonchev–Trinajstić information content (AvgIpc) is 3.13. The first-order chi connectivity index (χ1) is 12.2. The van der Waals surface area contributed by atoms with Crippen molar-refractivity contribution in [3.05, 3.63) is 48.0 Å². The van der Waals surface area contributed by atoms with Gasteiger partial charge < -0.3 is 14.2 Å². The lowest BCUT2D eigenvalue weighted by Gasteiger charge is -2.35. The van der Waals surface area contributed by atoms with Gasteiger partial charge in [-0.1, -0.05) is 19.1 Å². The zero-order chi connectivity index (χ0) is 17.6. The Hall–Kier alpha value is -2.34. The number of aryl methyl sites for hydroxylation is 1. The fourth-order valence-corrected chi connectivity index (χ4v) is 3.27. The summed E-state index contributed by atoms with van der Waals surface area (Å²) in [7, 11) is 1.60. The number of carbonyl (C=O) groups is 1. The van der Waals surface area contributed by atoms with Crippen molar-refractivity contribution in [2.75, 3.05) is 39.8 Å². The minimum Gasteiger partial charge on any atom is -0.496 e. The summed E-state index contributed by atoms with van der Waals surface area (Å²) in [5.74, 6) is 1.83. The minimum absolute atomic E-state index is 0.0555. The predicted molar refractivity (Wildman–Crippen MR) is 96.9 cm³/mol. The van der Waals surface area contributed by atoms with E-state index in [4.69, 9.17) is 4.74 Å². The molecule has 1 aromatic carbocycles. The molecule has 1 amide bonds. The fourth-order valence-electron chi connectivity index (χ4n) is 3.27. The maximum absolute atomic E-state index is 12.7. The van der Waals surface area contributed by atoms with Crippen molar-refractivity contribution >= 4 is 5.91 Å². The molecular formula is C19H26N4O2. The minimum atomic E-state index is 0.0555. The second-order valence-corrected chi connectivity index (χ2v) is 6.22. The lowest BCUT2D eigenvalue weighted by molar-refractivity contribution is 0.0630. The Kier molecular flexibility index (Phi) is 5.71. The van der Waals surface area contributed by atoms with Crippen LogP contribution in [-0.4, -0.2) is 65.1 Å². The molecule has 1 fully saturated rings. The molecule has 0 N–H and O–H groups in total. The van der Waals surface area contributed by atoms with Crippen LogP contribution < -0.4 is 4.74 Å². The number of carbonyl (C=O) groups excluding carboxylic acids is 1. The van der Waals surface area contributed by atoms with Crippen molar-refractivity contribution in [3.8, 4) is 5.75 Å². The van der Waals surface area contributed by atoms with E-state index in [9.17, 15) is 4.79 Å². The second-order valence-electron chi connectivity index (χ2n) is 6.22. The van der Waals surface area contributed by atoms with E-state index in [1.165, 1.54) is 0 Å². The Balaban J connectivity index is 1.52. The standard InChI is InChI=1S/C19H26N4O2/c1-3-18-20-8-9-22(18)13-10-21-11-14-23(15-12-21)19(24)16-6-4-5-7-17(16)25-2/h4-9H,3,10-15H2,1-2H3. The summed E-state index contributed by atoms with van der Waals surface area (Å²) in [6.45, 7) is 7.36. The van der Waals surface area contributed by atoms with Crippen LogP contribution in [-0.2, 0) is 13.0 Å². The van der Waals surface area contributed by atoms with Crippen LogP contribution in [0.3, 0.4) is 0 Å². The Bertz CT molecular complexity index is 705. The van der Waals surface area contributed by atoms with E-state index in [0.29, 0.717) is 11.3 Å². The van der Waals surface area contributed by atoms with Crippen LogP contribution in [0, 0.1) is 0 Å². The number of para-hydroxylation sites is 1. The van der Waals surface area contributed by atoms with Gasteiger partial charge in [0.05, 0.1) is 12.7 Å². The molecule has 25 heavy (non-hydrogen) atoms. The van der Waals surface area contributed by atoms with Crippen molar-refractivity contribution in [1.29, 1.82) is 0 Å². The summed E-state index contributed by atoms with van der Waals surface area (Å²) < 4.78 is 7.53. The zero-order valence-corrected chi connectivity index (χ0v) is 15.0. The first-order valence-electron chi connectivity index (χ1n) is 8.87. The van der Waals surface area contributed by atoms with Gasteiger partial charge in [0.1, 0.15) is 11.6 Å². The molecule has 0 aliphatic carbocycles. The Morgan fingerprint density at radius 2 is 1.92 bits per heavy atom. The summed E-state index contributed by atoms with van der Waals surface area (Å²) in [4.78, 5) is 21.4. The number of piperazine rings is 1. The van der Waals surface area contributed by atoms with Gasteiger partial charge in [-0.05, 0) is 12.1 Å². The number of hydrogen-bond donors (Lipinski definition) is 0. The molecule has 0 radical (unpaired) electrons. The van der Waals surface area contributed by atoms with Crippen LogP contribution in [0.25, 0.3) is 0 Å². The third kappa shape index (κ3) is 4.02. The lowest BCUT2D eigenvalue weighted by atomic mass is 10.1. The quantitative estimate of drug-likeness (QED) is 0.805. The average molecular weight is 342 g/mol. The Morgan fingerprint density at radius 1 is 1.16 bits per heavy atom. The van der Waals surface area contributed by atoms with Gasteiger partial charge in [0.15, 0.2) is 0 Å². The molecule has 1 aromatic heterocycles. The molecule has 0 saturated carbocycles. The Morgan fingerprint density at radius 3 is 2.64 bits per heavy atom. The number of rotatable bonds is 6. The molecule has 2 aromatic rings. The van der Waals surface area contributed by atoms with Crippen molar-refractivity contribution in [2.45, 2.75) is 19.9 Å². The normalized spacial score (nSPS) is 15.4. The van der Waals surface area contributed by atoms with E-state index >= 15 is 0 Å². The highest BCUT2D eigenvalue weighted by Crippen LogP contribution is 2.20. The van der Waals surface area contributed by atoms with Gasteiger partial charge in [0.2, 0.25) is 0 Å². The number of methoxy groups -OCH3 is 1. The van der Waals surface area contributed by atoms with Gasteiger partial charge >= 0.3 is 0 Å². The monoisotopic (exact) mass is 342 g/mol. The van der Waals surface area contributed by atoms with E-state index in [0.717, 1.165) is 51.5 Å².